The van der Waals surface area contributed by atoms with Crippen molar-refractivity contribution in [3.05, 3.63) is 36.0 Å². The van der Waals surface area contributed by atoms with Crippen molar-refractivity contribution in [1.82, 2.24) is 20.5 Å². The highest BCUT2D eigenvalue weighted by Gasteiger charge is 2.12. The molecule has 1 aliphatic rings. The van der Waals surface area contributed by atoms with Crippen LogP contribution in [0.15, 0.2) is 30.5 Å². The Kier molecular flexibility index (Phi) is 4.46. The van der Waals surface area contributed by atoms with E-state index in [0.717, 1.165) is 47.1 Å². The van der Waals surface area contributed by atoms with Gasteiger partial charge in [0, 0.05) is 23.6 Å². The summed E-state index contributed by atoms with van der Waals surface area (Å²) in [5.74, 6) is 8.20. The van der Waals surface area contributed by atoms with Gasteiger partial charge in [-0.2, -0.15) is 5.10 Å². The number of fused-ring (bicyclic) bond motifs is 1. The summed E-state index contributed by atoms with van der Waals surface area (Å²) in [6, 6.07) is 7.95. The van der Waals surface area contributed by atoms with Crippen molar-refractivity contribution < 1.29 is 0 Å². The number of aromatic nitrogens is 3. The summed E-state index contributed by atoms with van der Waals surface area (Å²) in [5, 5.41) is 11.3. The molecule has 0 unspecified atom stereocenters. The third-order valence-electron chi connectivity index (χ3n) is 4.95. The van der Waals surface area contributed by atoms with E-state index in [1.165, 1.54) is 12.8 Å². The number of benzene rings is 1. The molecular weight excluding hydrogens is 324 g/mol. The van der Waals surface area contributed by atoms with Crippen molar-refractivity contribution in [3.63, 3.8) is 0 Å². The maximum Gasteiger partial charge on any atom is 0.153 e. The van der Waals surface area contributed by atoms with Crippen molar-refractivity contribution >= 4 is 22.5 Å². The number of nitrogens with zero attached hydrogens (tertiary/aromatic N) is 2. The average Bonchev–Trinajstić information content (AvgIpc) is 3.04. The van der Waals surface area contributed by atoms with E-state index in [4.69, 9.17) is 11.5 Å². The van der Waals surface area contributed by atoms with E-state index in [1.807, 2.05) is 24.3 Å². The van der Waals surface area contributed by atoms with E-state index in [9.17, 15) is 0 Å². The van der Waals surface area contributed by atoms with Crippen LogP contribution in [0.3, 0.4) is 0 Å². The van der Waals surface area contributed by atoms with Crippen molar-refractivity contribution in [1.29, 1.82) is 0 Å². The molecule has 0 amide bonds. The SMILES string of the molecule is Nc1nccc(-c2ccc3[nH]nc(N)c3c2)c1C#CCC1CCNCC1. The van der Waals surface area contributed by atoms with Gasteiger partial charge in [0.15, 0.2) is 5.82 Å². The van der Waals surface area contributed by atoms with E-state index >= 15 is 0 Å². The van der Waals surface area contributed by atoms with Gasteiger partial charge >= 0.3 is 0 Å². The van der Waals surface area contributed by atoms with E-state index in [-0.39, 0.29) is 0 Å². The van der Waals surface area contributed by atoms with Crippen LogP contribution in [-0.4, -0.2) is 28.3 Å². The van der Waals surface area contributed by atoms with E-state index in [0.29, 0.717) is 17.6 Å². The number of hydrogen-bond acceptors (Lipinski definition) is 5. The zero-order chi connectivity index (χ0) is 17.9. The molecule has 3 heterocycles. The van der Waals surface area contributed by atoms with Gasteiger partial charge in [-0.05, 0) is 55.6 Å². The number of pyridine rings is 1. The van der Waals surface area contributed by atoms with E-state index in [1.54, 1.807) is 6.20 Å². The number of H-pyrrole nitrogens is 1. The first kappa shape index (κ1) is 16.4. The molecule has 3 aromatic rings. The Hall–Kier alpha value is -3.04. The smallest absolute Gasteiger partial charge is 0.153 e. The Morgan fingerprint density at radius 1 is 1.12 bits per heavy atom. The summed E-state index contributed by atoms with van der Waals surface area (Å²) < 4.78 is 0. The van der Waals surface area contributed by atoms with Gasteiger partial charge in [-0.1, -0.05) is 17.9 Å². The molecule has 26 heavy (non-hydrogen) atoms. The van der Waals surface area contributed by atoms with Crippen LogP contribution in [0.25, 0.3) is 22.0 Å². The van der Waals surface area contributed by atoms with Gasteiger partial charge in [0.05, 0.1) is 11.1 Å². The maximum atomic E-state index is 6.13. The minimum atomic E-state index is 0.459. The number of rotatable bonds is 2. The van der Waals surface area contributed by atoms with Crippen LogP contribution >= 0.6 is 0 Å². The summed E-state index contributed by atoms with van der Waals surface area (Å²) in [6.45, 7) is 2.16. The molecule has 6 heteroatoms. The lowest BCUT2D eigenvalue weighted by atomic mass is 9.94. The lowest BCUT2D eigenvalue weighted by Crippen LogP contribution is -2.27. The van der Waals surface area contributed by atoms with Crippen LogP contribution in [0.5, 0.6) is 0 Å². The van der Waals surface area contributed by atoms with Gasteiger partial charge in [0.25, 0.3) is 0 Å². The second kappa shape index (κ2) is 7.06. The normalized spacial score (nSPS) is 14.9. The van der Waals surface area contributed by atoms with Crippen molar-refractivity contribution in [2.45, 2.75) is 19.3 Å². The molecule has 1 fully saturated rings. The predicted molar refractivity (Wildman–Crippen MR) is 105 cm³/mol. The standard InChI is InChI=1S/C20H22N6/c21-19-16(3-1-2-13-6-9-23-10-7-13)15(8-11-24-19)14-4-5-18-17(12-14)20(22)26-25-18/h4-5,8,11-13,23H,2,6-7,9-10H2,(H2,21,24)(H3,22,25,26). The highest BCUT2D eigenvalue weighted by Crippen LogP contribution is 2.30. The Morgan fingerprint density at radius 2 is 1.96 bits per heavy atom. The molecule has 1 aliphatic heterocycles. The number of aromatic amines is 1. The van der Waals surface area contributed by atoms with Crippen LogP contribution in [0.1, 0.15) is 24.8 Å². The first-order chi connectivity index (χ1) is 12.7. The molecule has 2 aromatic heterocycles. The third-order valence-corrected chi connectivity index (χ3v) is 4.95. The first-order valence-electron chi connectivity index (χ1n) is 8.90. The largest absolute Gasteiger partial charge is 0.383 e. The monoisotopic (exact) mass is 346 g/mol. The minimum absolute atomic E-state index is 0.459. The van der Waals surface area contributed by atoms with Crippen LogP contribution in [0.2, 0.25) is 0 Å². The Bertz CT molecular complexity index is 988. The summed E-state index contributed by atoms with van der Waals surface area (Å²) in [4.78, 5) is 4.22. The molecule has 4 rings (SSSR count). The molecule has 132 valence electrons. The topological polar surface area (TPSA) is 106 Å². The molecule has 0 atom stereocenters. The van der Waals surface area contributed by atoms with E-state index < -0.39 is 0 Å². The van der Waals surface area contributed by atoms with Gasteiger partial charge in [-0.25, -0.2) is 4.98 Å². The quantitative estimate of drug-likeness (QED) is 0.534. The molecular formula is C20H22N6. The lowest BCUT2D eigenvalue weighted by molar-refractivity contribution is 0.381. The Morgan fingerprint density at radius 3 is 2.81 bits per heavy atom. The Balaban J connectivity index is 1.68. The number of nitrogens with two attached hydrogens (primary N) is 2. The number of nitrogen functional groups attached to an aromatic ring is 2. The van der Waals surface area contributed by atoms with Gasteiger partial charge in [0.2, 0.25) is 0 Å². The highest BCUT2D eigenvalue weighted by molar-refractivity contribution is 5.93. The number of nitrogens with one attached hydrogen (secondary N) is 2. The summed E-state index contributed by atoms with van der Waals surface area (Å²) >= 11 is 0. The Labute approximate surface area is 152 Å². The third kappa shape index (κ3) is 3.22. The van der Waals surface area contributed by atoms with Gasteiger partial charge in [0.1, 0.15) is 5.82 Å². The minimum Gasteiger partial charge on any atom is -0.383 e. The van der Waals surface area contributed by atoms with Gasteiger partial charge in [-0.3, -0.25) is 5.10 Å². The number of anilines is 2. The molecule has 0 aliphatic carbocycles. The number of hydrogen-bond donors (Lipinski definition) is 4. The van der Waals surface area contributed by atoms with Crippen molar-refractivity contribution in [2.75, 3.05) is 24.6 Å². The molecule has 0 saturated carbocycles. The highest BCUT2D eigenvalue weighted by atomic mass is 15.1. The van der Waals surface area contributed by atoms with Gasteiger partial charge in [-0.15, -0.1) is 0 Å². The van der Waals surface area contributed by atoms with E-state index in [2.05, 4.69) is 32.3 Å². The molecule has 1 saturated heterocycles. The van der Waals surface area contributed by atoms with Gasteiger partial charge < -0.3 is 16.8 Å². The molecule has 0 spiro atoms. The zero-order valence-electron chi connectivity index (χ0n) is 14.5. The first-order valence-corrected chi connectivity index (χ1v) is 8.90. The molecule has 0 radical (unpaired) electrons. The second-order valence-electron chi connectivity index (χ2n) is 6.69. The fourth-order valence-corrected chi connectivity index (χ4v) is 3.42. The maximum absolute atomic E-state index is 6.13. The van der Waals surface area contributed by atoms with Crippen LogP contribution in [-0.2, 0) is 0 Å². The molecule has 1 aromatic carbocycles. The van der Waals surface area contributed by atoms with Crippen LogP contribution in [0.4, 0.5) is 11.6 Å². The fraction of sp³-hybridized carbons (Fsp3) is 0.300. The summed E-state index contributed by atoms with van der Waals surface area (Å²) in [6.07, 6.45) is 4.97. The average molecular weight is 346 g/mol. The molecule has 6 N–H and O–H groups in total. The van der Waals surface area contributed by atoms with Crippen LogP contribution < -0.4 is 16.8 Å². The van der Waals surface area contributed by atoms with Crippen molar-refractivity contribution in [2.24, 2.45) is 5.92 Å². The summed E-state index contributed by atoms with van der Waals surface area (Å²) in [5.41, 5.74) is 15.7. The summed E-state index contributed by atoms with van der Waals surface area (Å²) in [7, 11) is 0. The molecule has 0 bridgehead atoms. The second-order valence-corrected chi connectivity index (χ2v) is 6.69. The zero-order valence-corrected chi connectivity index (χ0v) is 14.5. The van der Waals surface area contributed by atoms with Crippen molar-refractivity contribution in [3.8, 4) is 23.0 Å². The van der Waals surface area contributed by atoms with Crippen LogP contribution in [0, 0.1) is 17.8 Å². The number of piperidine rings is 1. The predicted octanol–water partition coefficient (Wildman–Crippen LogP) is 2.53. The fourth-order valence-electron chi connectivity index (χ4n) is 3.42. The molecule has 6 nitrogen and oxygen atoms in total. The lowest BCUT2D eigenvalue weighted by Gasteiger charge is -2.20.